The molecule has 0 aliphatic rings. The summed E-state index contributed by atoms with van der Waals surface area (Å²) in [4.78, 5) is 20.2. The number of rotatable bonds is 3. The van der Waals surface area contributed by atoms with E-state index in [0.717, 1.165) is 11.3 Å². The lowest BCUT2D eigenvalue weighted by Gasteiger charge is -2.18. The molecule has 1 unspecified atom stereocenters. The predicted molar refractivity (Wildman–Crippen MR) is 85.3 cm³/mol. The van der Waals surface area contributed by atoms with Gasteiger partial charge in [0.2, 0.25) is 0 Å². The Balaban J connectivity index is 2.06. The van der Waals surface area contributed by atoms with E-state index in [0.29, 0.717) is 20.6 Å². The summed E-state index contributed by atoms with van der Waals surface area (Å²) >= 11 is 7.00. The number of nitrogens with zero attached hydrogens (tertiary/aromatic N) is 2. The Morgan fingerprint density at radius 1 is 1.41 bits per heavy atom. The van der Waals surface area contributed by atoms with Gasteiger partial charge >= 0.3 is 6.09 Å². The highest BCUT2D eigenvalue weighted by atomic mass is 35.5. The first kappa shape index (κ1) is 16.7. The van der Waals surface area contributed by atoms with Gasteiger partial charge < -0.3 is 9.84 Å². The third kappa shape index (κ3) is 4.66. The molecule has 0 aliphatic carbocycles. The maximum absolute atomic E-state index is 11.7. The second-order valence-corrected chi connectivity index (χ2v) is 7.03. The second-order valence-electron chi connectivity index (χ2n) is 5.53. The molecule has 0 spiro atoms. The van der Waals surface area contributed by atoms with E-state index in [2.05, 4.69) is 15.3 Å². The zero-order valence-electron chi connectivity index (χ0n) is 12.3. The Hall–Kier alpha value is -1.70. The molecule has 2 N–H and O–H groups in total. The van der Waals surface area contributed by atoms with Gasteiger partial charge in [0.05, 0.1) is 9.90 Å². The monoisotopic (exact) mass is 341 g/mol. The van der Waals surface area contributed by atoms with E-state index >= 15 is 0 Å². The molecule has 22 heavy (non-hydrogen) atoms. The number of anilines is 1. The number of ether oxygens (including phenoxy) is 1. The summed E-state index contributed by atoms with van der Waals surface area (Å²) in [6.07, 6.45) is 3.00. The predicted octanol–water partition coefficient (Wildman–Crippen LogP) is 3.62. The molecule has 0 aromatic carbocycles. The van der Waals surface area contributed by atoms with Crippen LogP contribution in [-0.2, 0) is 4.74 Å². The Morgan fingerprint density at radius 2 is 2.14 bits per heavy atom. The van der Waals surface area contributed by atoms with E-state index in [1.807, 2.05) is 0 Å². The number of amides is 1. The summed E-state index contributed by atoms with van der Waals surface area (Å²) in [6, 6.07) is 1.62. The number of halogens is 1. The Kier molecular flexibility index (Phi) is 5.00. The molecule has 0 radical (unpaired) electrons. The van der Waals surface area contributed by atoms with Crippen LogP contribution in [0.1, 0.15) is 37.3 Å². The van der Waals surface area contributed by atoms with E-state index in [4.69, 9.17) is 16.3 Å². The number of hydrogen-bond acceptors (Lipinski definition) is 6. The van der Waals surface area contributed by atoms with Crippen molar-refractivity contribution in [1.29, 1.82) is 0 Å². The van der Waals surface area contributed by atoms with E-state index < -0.39 is 17.8 Å². The van der Waals surface area contributed by atoms with Crippen LogP contribution in [0.5, 0.6) is 0 Å². The van der Waals surface area contributed by atoms with Crippen molar-refractivity contribution in [3.8, 4) is 0 Å². The fourth-order valence-corrected chi connectivity index (χ4v) is 2.60. The first-order chi connectivity index (χ1) is 10.2. The lowest BCUT2D eigenvalue weighted by atomic mass is 10.1. The molecule has 0 saturated heterocycles. The summed E-state index contributed by atoms with van der Waals surface area (Å²) in [7, 11) is 0. The fraction of sp³-hybridized carbons (Fsp3) is 0.357. The van der Waals surface area contributed by atoms with Gasteiger partial charge in [0.25, 0.3) is 0 Å². The highest BCUT2D eigenvalue weighted by molar-refractivity contribution is 7.15. The van der Waals surface area contributed by atoms with Crippen molar-refractivity contribution in [2.24, 2.45) is 0 Å². The van der Waals surface area contributed by atoms with Gasteiger partial charge in [-0.3, -0.25) is 10.3 Å². The number of pyridine rings is 1. The van der Waals surface area contributed by atoms with Crippen LogP contribution in [0.4, 0.5) is 9.93 Å². The number of aromatic nitrogens is 2. The Labute approximate surface area is 137 Å². The third-order valence-electron chi connectivity index (χ3n) is 2.44. The minimum absolute atomic E-state index is 0.346. The van der Waals surface area contributed by atoms with Crippen molar-refractivity contribution < 1.29 is 14.6 Å². The Morgan fingerprint density at radius 3 is 2.77 bits per heavy atom. The summed E-state index contributed by atoms with van der Waals surface area (Å²) in [6.45, 7) is 5.32. The quantitative estimate of drug-likeness (QED) is 0.890. The molecule has 0 bridgehead atoms. The van der Waals surface area contributed by atoms with Crippen molar-refractivity contribution in [2.45, 2.75) is 32.5 Å². The highest BCUT2D eigenvalue weighted by Gasteiger charge is 2.19. The van der Waals surface area contributed by atoms with Gasteiger partial charge in [-0.1, -0.05) is 22.9 Å². The fourth-order valence-electron chi connectivity index (χ4n) is 1.60. The lowest BCUT2D eigenvalue weighted by Crippen LogP contribution is -2.27. The van der Waals surface area contributed by atoms with Crippen LogP contribution in [0.15, 0.2) is 24.7 Å². The standard InChI is InChI=1S/C14H16ClN3O3S/c1-14(2,3)21-13(20)18-12-17-7-10(22-12)11(19)8-4-9(15)6-16-5-8/h4-7,11,19H,1-3H3,(H,17,18,20). The molecule has 2 aromatic rings. The van der Waals surface area contributed by atoms with Gasteiger partial charge in [-0.05, 0) is 26.8 Å². The molecular weight excluding hydrogens is 326 g/mol. The van der Waals surface area contributed by atoms with Gasteiger partial charge in [0.15, 0.2) is 5.13 Å². The number of hydrogen-bond donors (Lipinski definition) is 2. The maximum atomic E-state index is 11.7. The van der Waals surface area contributed by atoms with Crippen LogP contribution >= 0.6 is 22.9 Å². The zero-order valence-corrected chi connectivity index (χ0v) is 13.9. The number of aliphatic hydroxyl groups is 1. The molecule has 1 amide bonds. The molecule has 6 nitrogen and oxygen atoms in total. The van der Waals surface area contributed by atoms with Gasteiger partial charge in [-0.2, -0.15) is 0 Å². The lowest BCUT2D eigenvalue weighted by molar-refractivity contribution is 0.0636. The van der Waals surface area contributed by atoms with Crippen LogP contribution in [0, 0.1) is 0 Å². The normalized spacial score (nSPS) is 12.8. The first-order valence-electron chi connectivity index (χ1n) is 6.49. The van der Waals surface area contributed by atoms with Gasteiger partial charge in [0.1, 0.15) is 11.7 Å². The number of thiazole rings is 1. The summed E-state index contributed by atoms with van der Waals surface area (Å²) in [5.41, 5.74) is -0.0316. The minimum Gasteiger partial charge on any atom is -0.444 e. The van der Waals surface area contributed by atoms with Crippen molar-refractivity contribution in [2.75, 3.05) is 5.32 Å². The highest BCUT2D eigenvalue weighted by Crippen LogP contribution is 2.30. The molecule has 0 saturated carbocycles. The average Bonchev–Trinajstić information content (AvgIpc) is 2.84. The topological polar surface area (TPSA) is 84.3 Å². The summed E-state index contributed by atoms with van der Waals surface area (Å²) in [5.74, 6) is 0. The van der Waals surface area contributed by atoms with Crippen molar-refractivity contribution in [3.63, 3.8) is 0 Å². The number of carbonyl (C=O) groups is 1. The van der Waals surface area contributed by atoms with Crippen LogP contribution in [0.2, 0.25) is 5.02 Å². The van der Waals surface area contributed by atoms with E-state index in [1.54, 1.807) is 26.8 Å². The molecule has 0 aliphatic heterocycles. The number of aliphatic hydroxyl groups excluding tert-OH is 1. The smallest absolute Gasteiger partial charge is 0.413 e. The van der Waals surface area contributed by atoms with E-state index in [9.17, 15) is 9.90 Å². The molecule has 0 fully saturated rings. The van der Waals surface area contributed by atoms with Crippen molar-refractivity contribution in [1.82, 2.24) is 9.97 Å². The molecule has 118 valence electrons. The van der Waals surface area contributed by atoms with Crippen LogP contribution in [0.3, 0.4) is 0 Å². The van der Waals surface area contributed by atoms with Crippen molar-refractivity contribution in [3.05, 3.63) is 40.1 Å². The van der Waals surface area contributed by atoms with E-state index in [-0.39, 0.29) is 0 Å². The average molecular weight is 342 g/mol. The van der Waals surface area contributed by atoms with Crippen LogP contribution < -0.4 is 5.32 Å². The minimum atomic E-state index is -0.905. The number of nitrogens with one attached hydrogen (secondary N) is 1. The second kappa shape index (κ2) is 6.60. The maximum Gasteiger partial charge on any atom is 0.413 e. The molecule has 8 heteroatoms. The molecular formula is C14H16ClN3O3S. The van der Waals surface area contributed by atoms with Gasteiger partial charge in [-0.15, -0.1) is 0 Å². The molecule has 2 heterocycles. The molecule has 2 rings (SSSR count). The van der Waals surface area contributed by atoms with Gasteiger partial charge in [-0.25, -0.2) is 9.78 Å². The molecule has 1 atom stereocenters. The third-order valence-corrected chi connectivity index (χ3v) is 3.61. The number of carbonyl (C=O) groups excluding carboxylic acids is 1. The Bertz CT molecular complexity index is 669. The SMILES string of the molecule is CC(C)(C)OC(=O)Nc1ncc(C(O)c2cncc(Cl)c2)s1. The largest absolute Gasteiger partial charge is 0.444 e. The van der Waals surface area contributed by atoms with Crippen LogP contribution in [0.25, 0.3) is 0 Å². The van der Waals surface area contributed by atoms with Crippen LogP contribution in [-0.4, -0.2) is 26.8 Å². The van der Waals surface area contributed by atoms with Crippen molar-refractivity contribution >= 4 is 34.2 Å². The summed E-state index contributed by atoms with van der Waals surface area (Å²) in [5, 5.41) is 13.6. The van der Waals surface area contributed by atoms with Gasteiger partial charge in [0, 0.05) is 24.2 Å². The summed E-state index contributed by atoms with van der Waals surface area (Å²) < 4.78 is 5.14. The zero-order chi connectivity index (χ0) is 16.3. The molecule has 2 aromatic heterocycles. The van der Waals surface area contributed by atoms with E-state index in [1.165, 1.54) is 18.6 Å². The first-order valence-corrected chi connectivity index (χ1v) is 7.68.